The van der Waals surface area contributed by atoms with Gasteiger partial charge in [-0.15, -0.1) is 0 Å². The van der Waals surface area contributed by atoms with E-state index < -0.39 is 0 Å². The van der Waals surface area contributed by atoms with Gasteiger partial charge in [0, 0.05) is 5.39 Å². The highest BCUT2D eigenvalue weighted by Crippen LogP contribution is 2.28. The Morgan fingerprint density at radius 2 is 1.71 bits per heavy atom. The SMILES string of the molecule is Cc1ccccc1COc1ccc2ccccc2c1C#N. The van der Waals surface area contributed by atoms with Crippen LogP contribution >= 0.6 is 0 Å². The third kappa shape index (κ3) is 2.59. The van der Waals surface area contributed by atoms with Crippen molar-refractivity contribution in [3.05, 3.63) is 77.4 Å². The average Bonchev–Trinajstić information content (AvgIpc) is 2.53. The van der Waals surface area contributed by atoms with E-state index in [9.17, 15) is 5.26 Å². The normalized spacial score (nSPS) is 10.3. The summed E-state index contributed by atoms with van der Waals surface area (Å²) in [6.07, 6.45) is 0. The van der Waals surface area contributed by atoms with Crippen LogP contribution in [-0.4, -0.2) is 0 Å². The van der Waals surface area contributed by atoms with Crippen LogP contribution in [0.2, 0.25) is 0 Å². The van der Waals surface area contributed by atoms with Gasteiger partial charge in [0.2, 0.25) is 0 Å². The molecule has 3 rings (SSSR count). The Labute approximate surface area is 124 Å². The minimum Gasteiger partial charge on any atom is -0.487 e. The molecule has 0 amide bonds. The molecule has 0 heterocycles. The fourth-order valence-electron chi connectivity index (χ4n) is 2.41. The first kappa shape index (κ1) is 13.2. The van der Waals surface area contributed by atoms with Crippen molar-refractivity contribution >= 4 is 10.8 Å². The predicted molar refractivity (Wildman–Crippen MR) is 84.2 cm³/mol. The number of nitrogens with zero attached hydrogens (tertiary/aromatic N) is 1. The molecule has 0 fully saturated rings. The molecule has 0 atom stereocenters. The minimum absolute atomic E-state index is 0.472. The number of rotatable bonds is 3. The Morgan fingerprint density at radius 3 is 2.52 bits per heavy atom. The van der Waals surface area contributed by atoms with E-state index in [2.05, 4.69) is 19.1 Å². The molecule has 0 unspecified atom stereocenters. The molecule has 0 aromatic heterocycles. The van der Waals surface area contributed by atoms with Gasteiger partial charge in [0.15, 0.2) is 0 Å². The van der Waals surface area contributed by atoms with E-state index in [0.29, 0.717) is 17.9 Å². The number of ether oxygens (including phenoxy) is 1. The first-order chi connectivity index (χ1) is 10.3. The molecule has 0 radical (unpaired) electrons. The molecule has 0 aliphatic rings. The number of benzene rings is 3. The summed E-state index contributed by atoms with van der Waals surface area (Å²) < 4.78 is 5.88. The van der Waals surface area contributed by atoms with Crippen LogP contribution < -0.4 is 4.74 Å². The summed E-state index contributed by atoms with van der Waals surface area (Å²) in [5.41, 5.74) is 2.92. The second-order valence-corrected chi connectivity index (χ2v) is 4.99. The molecule has 0 bridgehead atoms. The Kier molecular flexibility index (Phi) is 3.57. The number of nitriles is 1. The lowest BCUT2D eigenvalue weighted by molar-refractivity contribution is 0.305. The molecule has 0 saturated carbocycles. The minimum atomic E-state index is 0.472. The molecule has 3 aromatic carbocycles. The summed E-state index contributed by atoms with van der Waals surface area (Å²) >= 11 is 0. The Hall–Kier alpha value is -2.79. The van der Waals surface area contributed by atoms with E-state index in [1.165, 1.54) is 5.56 Å². The van der Waals surface area contributed by atoms with Crippen molar-refractivity contribution in [2.24, 2.45) is 0 Å². The molecule has 3 aromatic rings. The van der Waals surface area contributed by atoms with Crippen molar-refractivity contribution in [2.45, 2.75) is 13.5 Å². The van der Waals surface area contributed by atoms with Gasteiger partial charge < -0.3 is 4.74 Å². The van der Waals surface area contributed by atoms with Crippen LogP contribution in [0.4, 0.5) is 0 Å². The molecule has 21 heavy (non-hydrogen) atoms. The van der Waals surface area contributed by atoms with Crippen molar-refractivity contribution in [1.29, 1.82) is 5.26 Å². The second kappa shape index (κ2) is 5.68. The smallest absolute Gasteiger partial charge is 0.138 e. The summed E-state index contributed by atoms with van der Waals surface area (Å²) in [4.78, 5) is 0. The predicted octanol–water partition coefficient (Wildman–Crippen LogP) is 4.60. The van der Waals surface area contributed by atoms with E-state index >= 15 is 0 Å². The highest BCUT2D eigenvalue weighted by atomic mass is 16.5. The molecule has 0 aliphatic carbocycles. The molecule has 0 N–H and O–H groups in total. The lowest BCUT2D eigenvalue weighted by Gasteiger charge is -2.11. The van der Waals surface area contributed by atoms with Crippen LogP contribution in [0.25, 0.3) is 10.8 Å². The Morgan fingerprint density at radius 1 is 0.952 bits per heavy atom. The van der Waals surface area contributed by atoms with Crippen LogP contribution in [0.3, 0.4) is 0 Å². The Balaban J connectivity index is 1.95. The summed E-state index contributed by atoms with van der Waals surface area (Å²) in [5, 5.41) is 11.4. The number of fused-ring (bicyclic) bond motifs is 1. The van der Waals surface area contributed by atoms with Crippen molar-refractivity contribution in [1.82, 2.24) is 0 Å². The molecular weight excluding hydrogens is 258 g/mol. The number of aryl methyl sites for hydroxylation is 1. The largest absolute Gasteiger partial charge is 0.487 e. The zero-order chi connectivity index (χ0) is 14.7. The summed E-state index contributed by atoms with van der Waals surface area (Å²) in [6, 6.07) is 22.1. The van der Waals surface area contributed by atoms with Gasteiger partial charge in [0.1, 0.15) is 24.0 Å². The van der Waals surface area contributed by atoms with Gasteiger partial charge in [-0.25, -0.2) is 0 Å². The van der Waals surface area contributed by atoms with Crippen molar-refractivity contribution in [2.75, 3.05) is 0 Å². The maximum Gasteiger partial charge on any atom is 0.138 e. The average molecular weight is 273 g/mol. The standard InChI is InChI=1S/C19H15NO/c1-14-6-2-3-8-16(14)13-21-19-11-10-15-7-4-5-9-17(15)18(19)12-20/h2-11H,13H2,1H3. The van der Waals surface area contributed by atoms with Gasteiger partial charge in [-0.1, -0.05) is 54.6 Å². The summed E-state index contributed by atoms with van der Waals surface area (Å²) in [5.74, 6) is 0.638. The number of hydrogen-bond acceptors (Lipinski definition) is 2. The van der Waals surface area contributed by atoms with Gasteiger partial charge >= 0.3 is 0 Å². The molecular formula is C19H15NO. The molecule has 2 nitrogen and oxygen atoms in total. The maximum atomic E-state index is 9.44. The highest BCUT2D eigenvalue weighted by molar-refractivity contribution is 5.90. The van der Waals surface area contributed by atoms with E-state index in [1.54, 1.807) is 0 Å². The lowest BCUT2D eigenvalue weighted by atomic mass is 10.0. The van der Waals surface area contributed by atoms with Gasteiger partial charge in [-0.2, -0.15) is 5.26 Å². The monoisotopic (exact) mass is 273 g/mol. The van der Waals surface area contributed by atoms with E-state index in [0.717, 1.165) is 16.3 Å². The van der Waals surface area contributed by atoms with Crippen molar-refractivity contribution in [3.8, 4) is 11.8 Å². The van der Waals surface area contributed by atoms with Gasteiger partial charge in [0.25, 0.3) is 0 Å². The Bertz CT molecular complexity index is 830. The third-order valence-electron chi connectivity index (χ3n) is 3.65. The van der Waals surface area contributed by atoms with Gasteiger partial charge in [-0.05, 0) is 29.5 Å². The molecule has 0 spiro atoms. The van der Waals surface area contributed by atoms with Crippen LogP contribution in [0.5, 0.6) is 5.75 Å². The van der Waals surface area contributed by atoms with Crippen LogP contribution in [-0.2, 0) is 6.61 Å². The summed E-state index contributed by atoms with van der Waals surface area (Å²) in [7, 11) is 0. The fourth-order valence-corrected chi connectivity index (χ4v) is 2.41. The van der Waals surface area contributed by atoms with Crippen molar-refractivity contribution in [3.63, 3.8) is 0 Å². The summed E-state index contributed by atoms with van der Waals surface area (Å²) in [6.45, 7) is 2.53. The molecule has 0 aliphatic heterocycles. The molecule has 102 valence electrons. The number of hydrogen-bond donors (Lipinski definition) is 0. The lowest BCUT2D eigenvalue weighted by Crippen LogP contribution is -1.99. The zero-order valence-electron chi connectivity index (χ0n) is 11.8. The van der Waals surface area contributed by atoms with Crippen molar-refractivity contribution < 1.29 is 4.74 Å². The van der Waals surface area contributed by atoms with Gasteiger partial charge in [0.05, 0.1) is 0 Å². The fraction of sp³-hybridized carbons (Fsp3) is 0.105. The molecule has 0 saturated heterocycles. The maximum absolute atomic E-state index is 9.44. The van der Waals surface area contributed by atoms with Crippen LogP contribution in [0.15, 0.2) is 60.7 Å². The molecule has 2 heteroatoms. The highest BCUT2D eigenvalue weighted by Gasteiger charge is 2.08. The van der Waals surface area contributed by atoms with E-state index in [1.807, 2.05) is 54.6 Å². The zero-order valence-corrected chi connectivity index (χ0v) is 11.8. The quantitative estimate of drug-likeness (QED) is 0.698. The van der Waals surface area contributed by atoms with E-state index in [-0.39, 0.29) is 0 Å². The second-order valence-electron chi connectivity index (χ2n) is 4.99. The van der Waals surface area contributed by atoms with Crippen LogP contribution in [0, 0.1) is 18.3 Å². The van der Waals surface area contributed by atoms with Crippen LogP contribution in [0.1, 0.15) is 16.7 Å². The third-order valence-corrected chi connectivity index (χ3v) is 3.65. The van der Waals surface area contributed by atoms with Gasteiger partial charge in [-0.3, -0.25) is 0 Å². The van der Waals surface area contributed by atoms with E-state index in [4.69, 9.17) is 4.74 Å². The first-order valence-corrected chi connectivity index (χ1v) is 6.89. The first-order valence-electron chi connectivity index (χ1n) is 6.89. The topological polar surface area (TPSA) is 33.0 Å².